The molecule has 0 aromatic rings. The van der Waals surface area contributed by atoms with E-state index >= 15 is 0 Å². The fourth-order valence-corrected chi connectivity index (χ4v) is 2.46. The first-order valence-electron chi connectivity index (χ1n) is 5.74. The first-order valence-corrected chi connectivity index (χ1v) is 5.74. The molecule has 3 nitrogen and oxygen atoms in total. The van der Waals surface area contributed by atoms with Crippen molar-refractivity contribution < 1.29 is 4.79 Å². The highest BCUT2D eigenvalue weighted by Gasteiger charge is 2.27. The maximum atomic E-state index is 11.6. The number of amides is 1. The van der Waals surface area contributed by atoms with Crippen LogP contribution in [0.25, 0.3) is 0 Å². The number of rotatable bonds is 3. The van der Waals surface area contributed by atoms with Crippen molar-refractivity contribution in [3.63, 3.8) is 0 Å². The number of nitrogens with one attached hydrogen (secondary N) is 2. The van der Waals surface area contributed by atoms with Crippen LogP contribution in [0.2, 0.25) is 0 Å². The molecule has 2 N–H and O–H groups in total. The predicted molar refractivity (Wildman–Crippen MR) is 63.2 cm³/mol. The SMILES string of the molecule is CC1CC(NC(=O)C[C@@H]2CCNC2)C1.Cl. The zero-order valence-corrected chi connectivity index (χ0v) is 10.1. The van der Waals surface area contributed by atoms with Gasteiger partial charge < -0.3 is 10.6 Å². The van der Waals surface area contributed by atoms with E-state index in [2.05, 4.69) is 17.6 Å². The molecule has 1 atom stereocenters. The largest absolute Gasteiger partial charge is 0.353 e. The van der Waals surface area contributed by atoms with Crippen LogP contribution >= 0.6 is 12.4 Å². The molecule has 0 aromatic heterocycles. The average Bonchev–Trinajstić information content (AvgIpc) is 2.54. The Kier molecular flexibility index (Phi) is 4.87. The van der Waals surface area contributed by atoms with Gasteiger partial charge in [-0.25, -0.2) is 0 Å². The van der Waals surface area contributed by atoms with Crippen molar-refractivity contribution in [3.05, 3.63) is 0 Å². The smallest absolute Gasteiger partial charge is 0.220 e. The molecule has 2 aliphatic rings. The summed E-state index contributed by atoms with van der Waals surface area (Å²) in [5.41, 5.74) is 0. The summed E-state index contributed by atoms with van der Waals surface area (Å²) in [7, 11) is 0. The molecule has 0 unspecified atom stereocenters. The normalized spacial score (nSPS) is 34.1. The summed E-state index contributed by atoms with van der Waals surface area (Å²) >= 11 is 0. The van der Waals surface area contributed by atoms with Crippen LogP contribution in [0, 0.1) is 11.8 Å². The van der Waals surface area contributed by atoms with Gasteiger partial charge >= 0.3 is 0 Å². The van der Waals surface area contributed by atoms with Crippen LogP contribution in [0.5, 0.6) is 0 Å². The van der Waals surface area contributed by atoms with E-state index in [1.165, 1.54) is 12.8 Å². The Balaban J connectivity index is 0.00000112. The lowest BCUT2D eigenvalue weighted by Crippen LogP contribution is -2.43. The zero-order chi connectivity index (χ0) is 9.97. The van der Waals surface area contributed by atoms with E-state index in [9.17, 15) is 4.79 Å². The van der Waals surface area contributed by atoms with Gasteiger partial charge in [-0.05, 0) is 44.2 Å². The van der Waals surface area contributed by atoms with Gasteiger partial charge in [0.2, 0.25) is 5.91 Å². The molecular formula is C11H21ClN2O. The van der Waals surface area contributed by atoms with Crippen LogP contribution in [-0.2, 0) is 4.79 Å². The average molecular weight is 233 g/mol. The minimum absolute atomic E-state index is 0. The molecule has 0 spiro atoms. The van der Waals surface area contributed by atoms with Crippen molar-refractivity contribution >= 4 is 18.3 Å². The Hall–Kier alpha value is -0.280. The van der Waals surface area contributed by atoms with Crippen molar-refractivity contribution in [2.75, 3.05) is 13.1 Å². The molecule has 0 radical (unpaired) electrons. The molecule has 1 amide bonds. The van der Waals surface area contributed by atoms with Crippen molar-refractivity contribution in [3.8, 4) is 0 Å². The van der Waals surface area contributed by atoms with Gasteiger partial charge in [0.15, 0.2) is 0 Å². The summed E-state index contributed by atoms with van der Waals surface area (Å²) in [6, 6.07) is 0.479. The van der Waals surface area contributed by atoms with E-state index in [0.29, 0.717) is 12.0 Å². The summed E-state index contributed by atoms with van der Waals surface area (Å²) in [6.45, 7) is 4.34. The second kappa shape index (κ2) is 5.71. The maximum absolute atomic E-state index is 11.6. The second-order valence-electron chi connectivity index (χ2n) is 4.90. The molecule has 1 aliphatic heterocycles. The van der Waals surface area contributed by atoms with Gasteiger partial charge in [0, 0.05) is 12.5 Å². The second-order valence-corrected chi connectivity index (χ2v) is 4.90. The molecule has 1 saturated carbocycles. The van der Waals surface area contributed by atoms with E-state index in [-0.39, 0.29) is 18.3 Å². The van der Waals surface area contributed by atoms with Crippen LogP contribution in [0.1, 0.15) is 32.6 Å². The summed E-state index contributed by atoms with van der Waals surface area (Å²) in [5, 5.41) is 6.39. The lowest BCUT2D eigenvalue weighted by molar-refractivity contribution is -0.123. The standard InChI is InChI=1S/C11H20N2O.ClH/c1-8-4-10(5-8)13-11(14)6-9-2-3-12-7-9;/h8-10,12H,2-7H2,1H3,(H,13,14);1H/t8?,9-,10?;/m0./s1. The summed E-state index contributed by atoms with van der Waals surface area (Å²) in [6.07, 6.45) is 4.23. The van der Waals surface area contributed by atoms with E-state index in [1.54, 1.807) is 0 Å². The highest BCUT2D eigenvalue weighted by molar-refractivity contribution is 5.85. The zero-order valence-electron chi connectivity index (χ0n) is 9.29. The van der Waals surface area contributed by atoms with E-state index < -0.39 is 0 Å². The van der Waals surface area contributed by atoms with Gasteiger partial charge in [-0.1, -0.05) is 6.92 Å². The van der Waals surface area contributed by atoms with Crippen LogP contribution in [0.15, 0.2) is 0 Å². The monoisotopic (exact) mass is 232 g/mol. The van der Waals surface area contributed by atoms with Crippen molar-refractivity contribution in [1.29, 1.82) is 0 Å². The van der Waals surface area contributed by atoms with Gasteiger partial charge in [-0.15, -0.1) is 12.4 Å². The summed E-state index contributed by atoms with van der Waals surface area (Å²) in [5.74, 6) is 1.65. The molecule has 15 heavy (non-hydrogen) atoms. The molecular weight excluding hydrogens is 212 g/mol. The van der Waals surface area contributed by atoms with Crippen LogP contribution < -0.4 is 10.6 Å². The molecule has 0 bridgehead atoms. The summed E-state index contributed by atoms with van der Waals surface area (Å²) in [4.78, 5) is 11.6. The fraction of sp³-hybridized carbons (Fsp3) is 0.909. The Morgan fingerprint density at radius 1 is 1.47 bits per heavy atom. The number of carbonyl (C=O) groups is 1. The molecule has 4 heteroatoms. The summed E-state index contributed by atoms with van der Waals surface area (Å²) < 4.78 is 0. The van der Waals surface area contributed by atoms with Crippen LogP contribution in [-0.4, -0.2) is 25.0 Å². The molecule has 1 aliphatic carbocycles. The van der Waals surface area contributed by atoms with Gasteiger partial charge in [0.25, 0.3) is 0 Å². The predicted octanol–water partition coefficient (Wildman–Crippen LogP) is 1.32. The number of hydrogen-bond donors (Lipinski definition) is 2. The Labute approximate surface area is 97.8 Å². The third-order valence-corrected chi connectivity index (χ3v) is 3.38. The molecule has 0 aromatic carbocycles. The van der Waals surface area contributed by atoms with Crippen molar-refractivity contribution in [2.24, 2.45) is 11.8 Å². The minimum Gasteiger partial charge on any atom is -0.353 e. The topological polar surface area (TPSA) is 41.1 Å². The van der Waals surface area contributed by atoms with Gasteiger partial charge in [0.05, 0.1) is 0 Å². The third kappa shape index (κ3) is 3.65. The van der Waals surface area contributed by atoms with E-state index in [1.807, 2.05) is 0 Å². The lowest BCUT2D eigenvalue weighted by Gasteiger charge is -2.33. The third-order valence-electron chi connectivity index (χ3n) is 3.38. The van der Waals surface area contributed by atoms with E-state index in [4.69, 9.17) is 0 Å². The number of halogens is 1. The molecule has 2 fully saturated rings. The van der Waals surface area contributed by atoms with Gasteiger partial charge in [-0.2, -0.15) is 0 Å². The Morgan fingerprint density at radius 3 is 2.73 bits per heavy atom. The van der Waals surface area contributed by atoms with Gasteiger partial charge in [0.1, 0.15) is 0 Å². The highest BCUT2D eigenvalue weighted by Crippen LogP contribution is 2.26. The molecule has 1 heterocycles. The lowest BCUT2D eigenvalue weighted by atomic mass is 9.82. The highest BCUT2D eigenvalue weighted by atomic mass is 35.5. The van der Waals surface area contributed by atoms with Crippen molar-refractivity contribution in [1.82, 2.24) is 10.6 Å². The maximum Gasteiger partial charge on any atom is 0.220 e. The molecule has 1 saturated heterocycles. The van der Waals surface area contributed by atoms with Crippen LogP contribution in [0.3, 0.4) is 0 Å². The fourth-order valence-electron chi connectivity index (χ4n) is 2.46. The van der Waals surface area contributed by atoms with Gasteiger partial charge in [-0.3, -0.25) is 4.79 Å². The Morgan fingerprint density at radius 2 is 2.20 bits per heavy atom. The molecule has 88 valence electrons. The number of hydrogen-bond acceptors (Lipinski definition) is 2. The van der Waals surface area contributed by atoms with E-state index in [0.717, 1.165) is 31.8 Å². The molecule has 2 rings (SSSR count). The minimum atomic E-state index is 0. The van der Waals surface area contributed by atoms with Crippen molar-refractivity contribution in [2.45, 2.75) is 38.6 Å². The Bertz CT molecular complexity index is 211. The quantitative estimate of drug-likeness (QED) is 0.771. The van der Waals surface area contributed by atoms with Crippen LogP contribution in [0.4, 0.5) is 0 Å². The first-order chi connectivity index (χ1) is 6.74. The first kappa shape index (κ1) is 12.8. The number of carbonyl (C=O) groups excluding carboxylic acids is 1.